The van der Waals surface area contributed by atoms with Gasteiger partial charge in [-0.05, 0) is 48.5 Å². The number of halogens is 3. The monoisotopic (exact) mass is 1000 g/mol. The Labute approximate surface area is 359 Å². The van der Waals surface area contributed by atoms with Crippen molar-refractivity contribution in [1.29, 1.82) is 0 Å². The third kappa shape index (κ3) is 18.5. The third-order valence-corrected chi connectivity index (χ3v) is 9.29. The number of carbonyl (C=O) groups excluding carboxylic acids is 7. The molecule has 0 aromatic rings. The molecular formula is C37H56Br3N3O14. The van der Waals surface area contributed by atoms with Crippen molar-refractivity contribution in [2.45, 2.75) is 86.5 Å². The number of nitrogens with zero attached hydrogens (tertiary/aromatic N) is 1. The number of carbonyl (C=O) groups is 7. The lowest BCUT2D eigenvalue weighted by molar-refractivity contribution is -0.170. The van der Waals surface area contributed by atoms with E-state index in [0.29, 0.717) is 0 Å². The van der Waals surface area contributed by atoms with Gasteiger partial charge in [0.05, 0.1) is 56.6 Å². The molecule has 324 valence electrons. The van der Waals surface area contributed by atoms with Crippen LogP contribution in [0.5, 0.6) is 0 Å². The average molecular weight is 1010 g/mol. The molecule has 3 atom stereocenters. The second kappa shape index (κ2) is 23.3. The summed E-state index contributed by atoms with van der Waals surface area (Å²) in [6.45, 7) is 10.8. The summed E-state index contributed by atoms with van der Waals surface area (Å²) in [5.74, 6) is -3.88. The van der Waals surface area contributed by atoms with E-state index in [1.807, 2.05) is 13.0 Å². The summed E-state index contributed by atoms with van der Waals surface area (Å²) in [6.07, 6.45) is 3.16. The maximum Gasteiger partial charge on any atom is 0.322 e. The number of hydrogen-bond donors (Lipinski definition) is 2. The summed E-state index contributed by atoms with van der Waals surface area (Å²) < 4.78 is 35.7. The molecule has 17 nitrogen and oxygen atoms in total. The molecule has 0 radical (unpaired) electrons. The Hall–Kier alpha value is -2.49. The van der Waals surface area contributed by atoms with Gasteiger partial charge >= 0.3 is 17.9 Å². The Morgan fingerprint density at radius 3 is 1.63 bits per heavy atom. The molecule has 0 bridgehead atoms. The van der Waals surface area contributed by atoms with Gasteiger partial charge in [0.2, 0.25) is 23.6 Å². The van der Waals surface area contributed by atoms with Crippen LogP contribution in [-0.2, 0) is 66.7 Å². The fraction of sp³-hybridized carbons (Fsp3) is 0.757. The van der Waals surface area contributed by atoms with Gasteiger partial charge in [0.1, 0.15) is 39.4 Å². The first kappa shape index (κ1) is 50.7. The van der Waals surface area contributed by atoms with Gasteiger partial charge in [-0.25, -0.2) is 0 Å². The van der Waals surface area contributed by atoms with Gasteiger partial charge in [0, 0.05) is 32.5 Å². The third-order valence-electron chi connectivity index (χ3n) is 8.32. The average Bonchev–Trinajstić information content (AvgIpc) is 3.67. The normalized spacial score (nSPS) is 18.8. The first-order chi connectivity index (χ1) is 26.4. The molecule has 0 aromatic carbocycles. The van der Waals surface area contributed by atoms with Gasteiger partial charge in [-0.15, -0.1) is 0 Å². The molecule has 2 rings (SSSR count). The number of hydrogen-bond acceptors (Lipinski definition) is 14. The van der Waals surface area contributed by atoms with E-state index in [1.165, 1.54) is 0 Å². The second-order valence-electron chi connectivity index (χ2n) is 15.2. The number of alkyl halides is 3. The van der Waals surface area contributed by atoms with E-state index in [1.54, 1.807) is 47.6 Å². The van der Waals surface area contributed by atoms with Crippen LogP contribution in [0.2, 0.25) is 0 Å². The van der Waals surface area contributed by atoms with Crippen molar-refractivity contribution >= 4 is 89.3 Å². The first-order valence-electron chi connectivity index (χ1n) is 18.5. The summed E-state index contributed by atoms with van der Waals surface area (Å²) in [6, 6.07) is 0. The molecule has 0 aliphatic carbocycles. The van der Waals surface area contributed by atoms with Gasteiger partial charge in [-0.1, -0.05) is 59.9 Å². The molecule has 2 aliphatic rings. The van der Waals surface area contributed by atoms with E-state index < -0.39 is 60.8 Å². The topological polar surface area (TPSA) is 211 Å². The second-order valence-corrected chi connectivity index (χ2v) is 21.1. The Bertz CT molecular complexity index is 1370. The van der Waals surface area contributed by atoms with Crippen LogP contribution in [0.15, 0.2) is 12.2 Å². The van der Waals surface area contributed by atoms with Gasteiger partial charge in [0.15, 0.2) is 0 Å². The lowest BCUT2D eigenvalue weighted by Gasteiger charge is -2.34. The first-order valence-corrected chi connectivity index (χ1v) is 20.9. The summed E-state index contributed by atoms with van der Waals surface area (Å²) in [7, 11) is 0. The molecule has 3 unspecified atom stereocenters. The highest BCUT2D eigenvalue weighted by Gasteiger charge is 2.44. The van der Waals surface area contributed by atoms with Crippen molar-refractivity contribution in [2.24, 2.45) is 11.3 Å². The number of ether oxygens (including phenoxy) is 7. The molecule has 0 aromatic heterocycles. The summed E-state index contributed by atoms with van der Waals surface area (Å²) in [5.41, 5.74) is -1.37. The van der Waals surface area contributed by atoms with Crippen molar-refractivity contribution in [3.8, 4) is 0 Å². The molecular weight excluding hydrogens is 950 g/mol. The maximum atomic E-state index is 12.7. The van der Waals surface area contributed by atoms with Crippen LogP contribution in [0, 0.1) is 11.3 Å². The summed E-state index contributed by atoms with van der Waals surface area (Å²) in [5, 5.41) is 5.34. The summed E-state index contributed by atoms with van der Waals surface area (Å²) >= 11 is 9.75. The molecule has 20 heteroatoms. The number of esters is 3. The van der Waals surface area contributed by atoms with Crippen LogP contribution in [0.4, 0.5) is 0 Å². The van der Waals surface area contributed by atoms with Crippen molar-refractivity contribution in [3.05, 3.63) is 12.2 Å². The van der Waals surface area contributed by atoms with Crippen LogP contribution in [-0.4, -0.2) is 151 Å². The Morgan fingerprint density at radius 1 is 0.719 bits per heavy atom. The predicted molar refractivity (Wildman–Crippen MR) is 216 cm³/mol. The SMILES string of the molecule is CC1C=CC(C2CC(=O)N(CCC(=O)NCCOCCOCCNC(=O)COCC(COC(=O)C(C)(C)Br)(COC(=O)C(C)(C)Br)COC(=O)C(C)(C)Br)C2=O)O1. The minimum absolute atomic E-state index is 0.00179. The maximum absolute atomic E-state index is 12.7. The van der Waals surface area contributed by atoms with Crippen molar-refractivity contribution in [1.82, 2.24) is 15.5 Å². The van der Waals surface area contributed by atoms with E-state index in [-0.39, 0.29) is 109 Å². The number of likely N-dealkylation sites (tertiary alicyclic amines) is 1. The highest BCUT2D eigenvalue weighted by Crippen LogP contribution is 2.30. The van der Waals surface area contributed by atoms with Gasteiger partial charge < -0.3 is 43.8 Å². The standard InChI is InChI=1S/C37H56Br3N3O14/c1-24-8-9-26(57-24)25-18-29(46)43(30(25)47)13-10-27(44)41-11-14-51-16-17-52-15-12-42-28(45)19-53-20-37(21-54-31(48)34(2,3)38,22-55-32(49)35(4,5)39)23-56-33(50)36(6,7)40/h8-9,24-26H,10-23H2,1-7H3,(H,41,44)(H,42,45). The van der Waals surface area contributed by atoms with Crippen molar-refractivity contribution in [3.63, 3.8) is 0 Å². The molecule has 1 fully saturated rings. The molecule has 0 saturated carbocycles. The van der Waals surface area contributed by atoms with Crippen LogP contribution in [0.1, 0.15) is 61.3 Å². The molecule has 2 N–H and O–H groups in total. The van der Waals surface area contributed by atoms with E-state index in [0.717, 1.165) is 4.90 Å². The number of amides is 4. The van der Waals surface area contributed by atoms with Gasteiger partial charge in [0.25, 0.3) is 0 Å². The molecule has 57 heavy (non-hydrogen) atoms. The lowest BCUT2D eigenvalue weighted by Crippen LogP contribution is -2.47. The summed E-state index contributed by atoms with van der Waals surface area (Å²) in [4.78, 5) is 88.9. The van der Waals surface area contributed by atoms with E-state index in [4.69, 9.17) is 33.2 Å². The van der Waals surface area contributed by atoms with E-state index in [9.17, 15) is 33.6 Å². The van der Waals surface area contributed by atoms with E-state index >= 15 is 0 Å². The fourth-order valence-electron chi connectivity index (χ4n) is 5.01. The van der Waals surface area contributed by atoms with Crippen LogP contribution in [0.3, 0.4) is 0 Å². The molecule has 2 heterocycles. The zero-order valence-corrected chi connectivity index (χ0v) is 38.3. The predicted octanol–water partition coefficient (Wildman–Crippen LogP) is 2.51. The van der Waals surface area contributed by atoms with E-state index in [2.05, 4.69) is 58.4 Å². The number of imide groups is 1. The number of rotatable bonds is 26. The number of nitrogens with one attached hydrogen (secondary N) is 2. The largest absolute Gasteiger partial charge is 0.464 e. The van der Waals surface area contributed by atoms with Gasteiger partial charge in [-0.3, -0.25) is 38.5 Å². The Kier molecular flexibility index (Phi) is 20.7. The highest BCUT2D eigenvalue weighted by atomic mass is 79.9. The minimum Gasteiger partial charge on any atom is -0.464 e. The quantitative estimate of drug-likeness (QED) is 0.0319. The smallest absolute Gasteiger partial charge is 0.322 e. The highest BCUT2D eigenvalue weighted by molar-refractivity contribution is 9.10. The van der Waals surface area contributed by atoms with Crippen LogP contribution < -0.4 is 10.6 Å². The van der Waals surface area contributed by atoms with Crippen LogP contribution >= 0.6 is 47.8 Å². The fourth-order valence-corrected chi connectivity index (χ4v) is 5.36. The lowest BCUT2D eigenvalue weighted by atomic mass is 9.92. The van der Waals surface area contributed by atoms with Crippen molar-refractivity contribution in [2.75, 3.05) is 79.1 Å². The van der Waals surface area contributed by atoms with Crippen LogP contribution in [0.25, 0.3) is 0 Å². The molecule has 4 amide bonds. The Balaban J connectivity index is 1.70. The molecule has 2 aliphatic heterocycles. The molecule has 0 spiro atoms. The Morgan fingerprint density at radius 2 is 1.19 bits per heavy atom. The zero-order valence-electron chi connectivity index (χ0n) is 33.6. The van der Waals surface area contributed by atoms with Gasteiger partial charge in [-0.2, -0.15) is 0 Å². The minimum atomic E-state index is -1.37. The molecule has 1 saturated heterocycles. The van der Waals surface area contributed by atoms with Crippen molar-refractivity contribution < 1.29 is 66.7 Å². The zero-order chi connectivity index (χ0) is 43.0.